The maximum atomic E-state index is 12.1. The van der Waals surface area contributed by atoms with Gasteiger partial charge in [0.25, 0.3) is 5.69 Å². The number of nitro benzene ring substituents is 1. The third-order valence-electron chi connectivity index (χ3n) is 4.34. The first-order valence-corrected chi connectivity index (χ1v) is 8.24. The molecule has 3 atom stereocenters. The molecule has 1 fully saturated rings. The van der Waals surface area contributed by atoms with Gasteiger partial charge in [0.2, 0.25) is 0 Å². The minimum atomic E-state index is -0.521. The molecule has 7 nitrogen and oxygen atoms in total. The van der Waals surface area contributed by atoms with Gasteiger partial charge in [-0.05, 0) is 36.2 Å². The van der Waals surface area contributed by atoms with Crippen molar-refractivity contribution in [3.63, 3.8) is 0 Å². The summed E-state index contributed by atoms with van der Waals surface area (Å²) in [6, 6.07) is 15.4. The first-order valence-electron chi connectivity index (χ1n) is 8.24. The van der Waals surface area contributed by atoms with Crippen LogP contribution in [0.1, 0.15) is 18.1 Å². The van der Waals surface area contributed by atoms with Crippen molar-refractivity contribution in [1.82, 2.24) is 0 Å². The molecule has 1 aliphatic heterocycles. The summed E-state index contributed by atoms with van der Waals surface area (Å²) in [6.07, 6.45) is -0.339. The summed E-state index contributed by atoms with van der Waals surface area (Å²) >= 11 is 0. The Hall–Kier alpha value is -2.93. The second-order valence-corrected chi connectivity index (χ2v) is 6.02. The first kappa shape index (κ1) is 17.9. The van der Waals surface area contributed by atoms with Gasteiger partial charge in [-0.1, -0.05) is 18.2 Å². The topological polar surface area (TPSA) is 87.9 Å². The second-order valence-electron chi connectivity index (χ2n) is 6.02. The molecule has 1 saturated heterocycles. The lowest BCUT2D eigenvalue weighted by Gasteiger charge is -2.17. The van der Waals surface area contributed by atoms with Crippen LogP contribution in [0.4, 0.5) is 5.69 Å². The maximum Gasteiger partial charge on any atom is 0.311 e. The molecule has 0 unspecified atom stereocenters. The number of hydrogen-bond donors (Lipinski definition) is 0. The quantitative estimate of drug-likeness (QED) is 0.448. The summed E-state index contributed by atoms with van der Waals surface area (Å²) in [4.78, 5) is 22.5. The molecule has 0 aromatic heterocycles. The van der Waals surface area contributed by atoms with Gasteiger partial charge in [0, 0.05) is 12.1 Å². The van der Waals surface area contributed by atoms with Gasteiger partial charge in [-0.3, -0.25) is 14.9 Å². The Balaban J connectivity index is 1.72. The number of nitrogens with zero attached hydrogens (tertiary/aromatic N) is 1. The number of para-hydroxylation sites is 1. The standard InChI is InChI=1S/C19H19NO6/c1-24-19(21)17-11-16(12-25-15-5-3-2-4-6-15)26-18(17)13-7-9-14(10-8-13)20(22)23/h2-10,16-18H,11-12H2,1H3/t16-,17-,18-/m0/s1. The smallest absolute Gasteiger partial charge is 0.311 e. The minimum Gasteiger partial charge on any atom is -0.491 e. The molecule has 1 aliphatic rings. The number of carbonyl (C=O) groups is 1. The van der Waals surface area contributed by atoms with Crippen molar-refractivity contribution in [3.05, 3.63) is 70.3 Å². The van der Waals surface area contributed by atoms with Crippen LogP contribution in [-0.2, 0) is 14.3 Å². The first-order chi connectivity index (χ1) is 12.6. The molecule has 0 bridgehead atoms. The fraction of sp³-hybridized carbons (Fsp3) is 0.316. The van der Waals surface area contributed by atoms with E-state index in [0.29, 0.717) is 18.6 Å². The number of ether oxygens (including phenoxy) is 3. The Morgan fingerprint density at radius 3 is 2.50 bits per heavy atom. The van der Waals surface area contributed by atoms with Crippen molar-refractivity contribution in [2.75, 3.05) is 13.7 Å². The van der Waals surface area contributed by atoms with E-state index in [0.717, 1.165) is 5.75 Å². The summed E-state index contributed by atoms with van der Waals surface area (Å²) in [5.41, 5.74) is 0.693. The van der Waals surface area contributed by atoms with E-state index in [2.05, 4.69) is 0 Å². The monoisotopic (exact) mass is 357 g/mol. The third kappa shape index (κ3) is 4.00. The van der Waals surface area contributed by atoms with E-state index in [4.69, 9.17) is 14.2 Å². The van der Waals surface area contributed by atoms with Crippen LogP contribution in [0.5, 0.6) is 5.75 Å². The normalized spacial score (nSPS) is 22.0. The summed E-state index contributed by atoms with van der Waals surface area (Å²) in [5, 5.41) is 10.8. The molecule has 0 spiro atoms. The van der Waals surface area contributed by atoms with Crippen LogP contribution in [0.25, 0.3) is 0 Å². The van der Waals surface area contributed by atoms with E-state index in [-0.39, 0.29) is 17.8 Å². The SMILES string of the molecule is COC(=O)[C@H]1C[C@@H](COc2ccccc2)O[C@H]1c1ccc([N+](=O)[O-])cc1. The van der Waals surface area contributed by atoms with Gasteiger partial charge in [0.05, 0.1) is 30.2 Å². The van der Waals surface area contributed by atoms with E-state index >= 15 is 0 Å². The Kier molecular flexibility index (Phi) is 5.48. The summed E-state index contributed by atoms with van der Waals surface area (Å²) in [7, 11) is 1.34. The van der Waals surface area contributed by atoms with Crippen LogP contribution in [0.15, 0.2) is 54.6 Å². The highest BCUT2D eigenvalue weighted by atomic mass is 16.6. The predicted octanol–water partition coefficient (Wildman–Crippen LogP) is 3.29. The summed E-state index contributed by atoms with van der Waals surface area (Å²) in [5.74, 6) is -0.120. The molecule has 2 aromatic rings. The summed E-state index contributed by atoms with van der Waals surface area (Å²) in [6.45, 7) is 0.307. The molecule has 2 aromatic carbocycles. The van der Waals surface area contributed by atoms with Crippen LogP contribution in [0.2, 0.25) is 0 Å². The van der Waals surface area contributed by atoms with Crippen molar-refractivity contribution < 1.29 is 23.9 Å². The molecular weight excluding hydrogens is 338 g/mol. The highest BCUT2D eigenvalue weighted by Gasteiger charge is 2.41. The average Bonchev–Trinajstić information content (AvgIpc) is 3.11. The number of rotatable bonds is 6. The van der Waals surface area contributed by atoms with Crippen molar-refractivity contribution in [2.45, 2.75) is 18.6 Å². The Bertz CT molecular complexity index is 761. The van der Waals surface area contributed by atoms with Gasteiger partial charge < -0.3 is 14.2 Å². The zero-order valence-corrected chi connectivity index (χ0v) is 14.2. The molecule has 0 aliphatic carbocycles. The Labute approximate surface area is 150 Å². The van der Waals surface area contributed by atoms with Gasteiger partial charge in [-0.15, -0.1) is 0 Å². The molecule has 7 heteroatoms. The van der Waals surface area contributed by atoms with E-state index < -0.39 is 16.9 Å². The number of non-ortho nitro benzene ring substituents is 1. The van der Waals surface area contributed by atoms with Gasteiger partial charge in [0.1, 0.15) is 12.4 Å². The number of methoxy groups -OCH3 is 1. The molecule has 1 heterocycles. The Morgan fingerprint density at radius 1 is 1.19 bits per heavy atom. The van der Waals surface area contributed by atoms with Crippen LogP contribution in [-0.4, -0.2) is 30.7 Å². The zero-order chi connectivity index (χ0) is 18.5. The van der Waals surface area contributed by atoms with Crippen molar-refractivity contribution >= 4 is 11.7 Å². The molecule has 136 valence electrons. The second kappa shape index (κ2) is 7.97. The zero-order valence-electron chi connectivity index (χ0n) is 14.2. The van der Waals surface area contributed by atoms with Gasteiger partial charge >= 0.3 is 5.97 Å². The van der Waals surface area contributed by atoms with E-state index in [1.54, 1.807) is 12.1 Å². The molecule has 3 rings (SSSR count). The molecule has 0 radical (unpaired) electrons. The van der Waals surface area contributed by atoms with E-state index in [9.17, 15) is 14.9 Å². The highest BCUT2D eigenvalue weighted by Crippen LogP contribution is 2.39. The average molecular weight is 357 g/mol. The number of benzene rings is 2. The van der Waals surface area contributed by atoms with Gasteiger partial charge in [-0.2, -0.15) is 0 Å². The fourth-order valence-electron chi connectivity index (χ4n) is 3.05. The highest BCUT2D eigenvalue weighted by molar-refractivity contribution is 5.73. The van der Waals surface area contributed by atoms with Crippen molar-refractivity contribution in [1.29, 1.82) is 0 Å². The molecule has 0 N–H and O–H groups in total. The predicted molar refractivity (Wildman–Crippen MR) is 92.8 cm³/mol. The van der Waals surface area contributed by atoms with Crippen molar-refractivity contribution in [2.24, 2.45) is 5.92 Å². The summed E-state index contributed by atoms with van der Waals surface area (Å²) < 4.78 is 16.6. The third-order valence-corrected chi connectivity index (χ3v) is 4.34. The van der Waals surface area contributed by atoms with Gasteiger partial charge in [0.15, 0.2) is 0 Å². The number of nitro groups is 1. The molecule has 0 saturated carbocycles. The fourth-order valence-corrected chi connectivity index (χ4v) is 3.05. The number of hydrogen-bond acceptors (Lipinski definition) is 6. The lowest BCUT2D eigenvalue weighted by atomic mass is 9.94. The molecular formula is C19H19NO6. The Morgan fingerprint density at radius 2 is 1.88 bits per heavy atom. The largest absolute Gasteiger partial charge is 0.491 e. The molecule has 26 heavy (non-hydrogen) atoms. The van der Waals surface area contributed by atoms with E-state index in [1.165, 1.54) is 19.2 Å². The molecule has 0 amide bonds. The number of carbonyl (C=O) groups excluding carboxylic acids is 1. The lowest BCUT2D eigenvalue weighted by Crippen LogP contribution is -2.20. The van der Waals surface area contributed by atoms with E-state index in [1.807, 2.05) is 30.3 Å². The van der Waals surface area contributed by atoms with Gasteiger partial charge in [-0.25, -0.2) is 0 Å². The minimum absolute atomic E-state index is 0.00896. The maximum absolute atomic E-state index is 12.1. The van der Waals surface area contributed by atoms with Crippen LogP contribution in [0.3, 0.4) is 0 Å². The van der Waals surface area contributed by atoms with Crippen LogP contribution in [0, 0.1) is 16.0 Å². The number of esters is 1. The van der Waals surface area contributed by atoms with Crippen LogP contribution < -0.4 is 4.74 Å². The lowest BCUT2D eigenvalue weighted by molar-refractivity contribution is -0.384. The van der Waals surface area contributed by atoms with Crippen molar-refractivity contribution in [3.8, 4) is 5.75 Å². The van der Waals surface area contributed by atoms with Crippen LogP contribution >= 0.6 is 0 Å².